The van der Waals surface area contributed by atoms with Crippen molar-refractivity contribution in [3.05, 3.63) is 0 Å². The first-order chi connectivity index (χ1) is 7.78. The molecule has 17 heavy (non-hydrogen) atoms. The largest absolute Gasteiger partial charge is 0.330 e. The average Bonchev–Trinajstić information content (AvgIpc) is 2.32. The molecule has 1 atom stereocenters. The summed E-state index contributed by atoms with van der Waals surface area (Å²) in [5.41, 5.74) is 5.79. The lowest BCUT2D eigenvalue weighted by Crippen LogP contribution is -2.41. The van der Waals surface area contributed by atoms with Crippen molar-refractivity contribution in [1.82, 2.24) is 4.90 Å². The minimum atomic E-state index is 0. The summed E-state index contributed by atoms with van der Waals surface area (Å²) in [7, 11) is 0. The summed E-state index contributed by atoms with van der Waals surface area (Å²) in [6.07, 6.45) is 8.56. The molecule has 2 fully saturated rings. The van der Waals surface area contributed by atoms with Gasteiger partial charge >= 0.3 is 0 Å². The molecule has 0 amide bonds. The fourth-order valence-electron chi connectivity index (χ4n) is 3.39. The first kappa shape index (κ1) is 15.3. The Balaban J connectivity index is 0.00000144. The molecule has 1 heterocycles. The van der Waals surface area contributed by atoms with Crippen LogP contribution in [0.15, 0.2) is 0 Å². The third kappa shape index (κ3) is 4.76. The molecule has 1 unspecified atom stereocenters. The van der Waals surface area contributed by atoms with E-state index in [1.165, 1.54) is 58.2 Å². The second-order valence-corrected chi connectivity index (χ2v) is 6.13. The molecular formula is C14H29ClN2. The fourth-order valence-corrected chi connectivity index (χ4v) is 3.39. The van der Waals surface area contributed by atoms with Crippen molar-refractivity contribution >= 4 is 12.4 Å². The lowest BCUT2D eigenvalue weighted by molar-refractivity contribution is 0.133. The minimum absolute atomic E-state index is 0. The number of nitrogens with two attached hydrogens (primary N) is 1. The molecule has 2 nitrogen and oxygen atoms in total. The van der Waals surface area contributed by atoms with E-state index in [1.807, 2.05) is 0 Å². The van der Waals surface area contributed by atoms with Gasteiger partial charge in [0.2, 0.25) is 0 Å². The third-order valence-electron chi connectivity index (χ3n) is 4.59. The monoisotopic (exact) mass is 260 g/mol. The smallest absolute Gasteiger partial charge is 0.00218 e. The van der Waals surface area contributed by atoms with Crippen LogP contribution in [0.1, 0.15) is 45.4 Å². The highest BCUT2D eigenvalue weighted by Gasteiger charge is 2.24. The zero-order chi connectivity index (χ0) is 11.4. The van der Waals surface area contributed by atoms with Gasteiger partial charge in [-0.2, -0.15) is 0 Å². The van der Waals surface area contributed by atoms with E-state index in [2.05, 4.69) is 11.8 Å². The van der Waals surface area contributed by atoms with Crippen molar-refractivity contribution in [3.63, 3.8) is 0 Å². The van der Waals surface area contributed by atoms with Gasteiger partial charge in [-0.15, -0.1) is 12.4 Å². The van der Waals surface area contributed by atoms with Crippen LogP contribution in [0.4, 0.5) is 0 Å². The van der Waals surface area contributed by atoms with Gasteiger partial charge in [0.15, 0.2) is 0 Å². The maximum Gasteiger partial charge on any atom is 0.00218 e. The molecule has 1 saturated carbocycles. The maximum atomic E-state index is 5.79. The topological polar surface area (TPSA) is 29.3 Å². The minimum Gasteiger partial charge on any atom is -0.330 e. The van der Waals surface area contributed by atoms with Gasteiger partial charge in [0, 0.05) is 13.1 Å². The molecule has 0 aromatic heterocycles. The van der Waals surface area contributed by atoms with Gasteiger partial charge in [0.05, 0.1) is 0 Å². The molecule has 1 saturated heterocycles. The number of halogens is 1. The first-order valence-corrected chi connectivity index (χ1v) is 7.20. The number of hydrogen-bond donors (Lipinski definition) is 1. The summed E-state index contributed by atoms with van der Waals surface area (Å²) in [6, 6.07) is 0. The van der Waals surface area contributed by atoms with Crippen LogP contribution >= 0.6 is 12.4 Å². The van der Waals surface area contributed by atoms with Crippen LogP contribution in [0.25, 0.3) is 0 Å². The Morgan fingerprint density at radius 2 is 1.76 bits per heavy atom. The van der Waals surface area contributed by atoms with Crippen LogP contribution in [0.3, 0.4) is 0 Å². The molecule has 2 rings (SSSR count). The van der Waals surface area contributed by atoms with Crippen molar-refractivity contribution in [3.8, 4) is 0 Å². The maximum absolute atomic E-state index is 5.79. The zero-order valence-electron chi connectivity index (χ0n) is 11.2. The lowest BCUT2D eigenvalue weighted by Gasteiger charge is -2.36. The molecule has 3 heteroatoms. The number of piperidine rings is 1. The molecule has 0 radical (unpaired) electrons. The fraction of sp³-hybridized carbons (Fsp3) is 1.00. The van der Waals surface area contributed by atoms with Crippen LogP contribution in [0.5, 0.6) is 0 Å². The summed E-state index contributed by atoms with van der Waals surface area (Å²) in [5.74, 6) is 2.73. The van der Waals surface area contributed by atoms with E-state index < -0.39 is 0 Å². The zero-order valence-corrected chi connectivity index (χ0v) is 12.1. The Bertz CT molecular complexity index is 202. The van der Waals surface area contributed by atoms with E-state index in [0.717, 1.165) is 24.3 Å². The molecule has 0 aromatic carbocycles. The Morgan fingerprint density at radius 3 is 2.41 bits per heavy atom. The highest BCUT2D eigenvalue weighted by atomic mass is 35.5. The summed E-state index contributed by atoms with van der Waals surface area (Å²) < 4.78 is 0. The van der Waals surface area contributed by atoms with Crippen LogP contribution in [-0.4, -0.2) is 31.1 Å². The van der Waals surface area contributed by atoms with Gasteiger partial charge < -0.3 is 10.6 Å². The molecule has 0 bridgehead atoms. The number of likely N-dealkylation sites (tertiary alicyclic amines) is 1. The van der Waals surface area contributed by atoms with Gasteiger partial charge in [0.25, 0.3) is 0 Å². The Kier molecular flexibility index (Phi) is 6.83. The number of hydrogen-bond acceptors (Lipinski definition) is 2. The van der Waals surface area contributed by atoms with Crippen molar-refractivity contribution in [2.24, 2.45) is 23.5 Å². The van der Waals surface area contributed by atoms with Gasteiger partial charge in [-0.25, -0.2) is 0 Å². The number of nitrogens with zero attached hydrogens (tertiary/aromatic N) is 1. The van der Waals surface area contributed by atoms with Gasteiger partial charge in [-0.1, -0.05) is 19.8 Å². The summed E-state index contributed by atoms with van der Waals surface area (Å²) in [6.45, 7) is 7.23. The van der Waals surface area contributed by atoms with Crippen molar-refractivity contribution in [1.29, 1.82) is 0 Å². The highest BCUT2D eigenvalue weighted by molar-refractivity contribution is 5.85. The van der Waals surface area contributed by atoms with E-state index in [9.17, 15) is 0 Å². The normalized spacial score (nSPS) is 35.3. The van der Waals surface area contributed by atoms with E-state index in [1.54, 1.807) is 0 Å². The average molecular weight is 261 g/mol. The predicted octanol–water partition coefficient (Wildman–Crippen LogP) is 2.91. The van der Waals surface area contributed by atoms with E-state index in [4.69, 9.17) is 5.73 Å². The molecule has 1 aliphatic carbocycles. The molecule has 102 valence electrons. The molecule has 1 aliphatic heterocycles. The molecule has 0 aromatic rings. The summed E-state index contributed by atoms with van der Waals surface area (Å²) in [5, 5.41) is 0. The molecule has 2 aliphatic rings. The SMILES string of the molecule is CC1CCC(CN2CCCC(CN)C2)CC1.Cl. The number of rotatable bonds is 3. The van der Waals surface area contributed by atoms with Crippen molar-refractivity contribution in [2.75, 3.05) is 26.2 Å². The molecule has 2 N–H and O–H groups in total. The van der Waals surface area contributed by atoms with E-state index >= 15 is 0 Å². The highest BCUT2D eigenvalue weighted by Crippen LogP contribution is 2.29. The standard InChI is InChI=1S/C14H28N2.ClH/c1-12-4-6-13(7-5-12)10-16-8-2-3-14(9-15)11-16;/h12-14H,2-11,15H2,1H3;1H. The second kappa shape index (κ2) is 7.60. The molecule has 0 spiro atoms. The first-order valence-electron chi connectivity index (χ1n) is 7.20. The lowest BCUT2D eigenvalue weighted by atomic mass is 9.82. The quantitative estimate of drug-likeness (QED) is 0.846. The van der Waals surface area contributed by atoms with Crippen molar-refractivity contribution in [2.45, 2.75) is 45.4 Å². The Morgan fingerprint density at radius 1 is 1.06 bits per heavy atom. The van der Waals surface area contributed by atoms with Crippen LogP contribution in [0, 0.1) is 17.8 Å². The van der Waals surface area contributed by atoms with Gasteiger partial charge in [0.1, 0.15) is 0 Å². The van der Waals surface area contributed by atoms with Crippen molar-refractivity contribution < 1.29 is 0 Å². The predicted molar refractivity (Wildman–Crippen MR) is 76.6 cm³/mol. The van der Waals surface area contributed by atoms with Gasteiger partial charge in [-0.05, 0) is 56.5 Å². The Labute approximate surface area is 113 Å². The summed E-state index contributed by atoms with van der Waals surface area (Å²) in [4.78, 5) is 2.68. The van der Waals surface area contributed by atoms with E-state index in [0.29, 0.717) is 0 Å². The van der Waals surface area contributed by atoms with Crippen LogP contribution in [-0.2, 0) is 0 Å². The van der Waals surface area contributed by atoms with E-state index in [-0.39, 0.29) is 12.4 Å². The second-order valence-electron chi connectivity index (χ2n) is 6.13. The third-order valence-corrected chi connectivity index (χ3v) is 4.59. The van der Waals surface area contributed by atoms with Gasteiger partial charge in [-0.3, -0.25) is 0 Å². The van der Waals surface area contributed by atoms with Crippen LogP contribution in [0.2, 0.25) is 0 Å². The molecular weight excluding hydrogens is 232 g/mol. The van der Waals surface area contributed by atoms with Crippen LogP contribution < -0.4 is 5.73 Å². The summed E-state index contributed by atoms with van der Waals surface area (Å²) >= 11 is 0. The Hall–Kier alpha value is 0.210.